The average molecular weight is 452 g/mol. The van der Waals surface area contributed by atoms with Crippen LogP contribution in [0.2, 0.25) is 0 Å². The Kier molecular flexibility index (Phi) is 7.38. The highest BCUT2D eigenvalue weighted by Crippen LogP contribution is 2.29. The van der Waals surface area contributed by atoms with Crippen molar-refractivity contribution in [2.24, 2.45) is 0 Å². The van der Waals surface area contributed by atoms with E-state index in [2.05, 4.69) is 0 Å². The minimum Gasteiger partial charge on any atom is -0.209 e. The van der Waals surface area contributed by atoms with Gasteiger partial charge in [0, 0.05) is 17.5 Å². The first-order valence-electron chi connectivity index (χ1n) is 9.97. The first-order valence-corrected chi connectivity index (χ1v) is 9.97. The van der Waals surface area contributed by atoms with Gasteiger partial charge >= 0.3 is 0 Å². The van der Waals surface area contributed by atoms with E-state index in [0.29, 0.717) is 12.0 Å². The highest BCUT2D eigenvalue weighted by atomic mass is 19.2. The van der Waals surface area contributed by atoms with Gasteiger partial charge in [0.1, 0.15) is 17.5 Å². The summed E-state index contributed by atoms with van der Waals surface area (Å²) in [5.74, 6) is -7.92. The molecule has 0 N–H and O–H groups in total. The van der Waals surface area contributed by atoms with Crippen molar-refractivity contribution in [2.75, 3.05) is 0 Å². The van der Waals surface area contributed by atoms with Crippen LogP contribution in [0.25, 0.3) is 17.0 Å². The average Bonchev–Trinajstić information content (AvgIpc) is 2.76. The highest BCUT2D eigenvalue weighted by molar-refractivity contribution is 5.68. The Morgan fingerprint density at radius 3 is 1.78 bits per heavy atom. The van der Waals surface area contributed by atoms with Gasteiger partial charge in [0.05, 0.1) is 0 Å². The summed E-state index contributed by atoms with van der Waals surface area (Å²) in [5, 5.41) is 0. The van der Waals surface area contributed by atoms with Gasteiger partial charge in [-0.2, -0.15) is 0 Å². The third kappa shape index (κ3) is 5.21. The molecule has 3 aromatic carbocycles. The van der Waals surface area contributed by atoms with Crippen LogP contribution >= 0.6 is 0 Å². The van der Waals surface area contributed by atoms with Gasteiger partial charge in [-0.1, -0.05) is 31.2 Å². The summed E-state index contributed by atoms with van der Waals surface area (Å²) < 4.78 is 96.5. The number of aryl methyl sites for hydroxylation is 1. The molecule has 0 aliphatic heterocycles. The molecular weight excluding hydrogens is 433 g/mol. The fraction of sp³-hybridized carbons (Fsp3) is 0.200. The molecule has 0 saturated heterocycles. The Balaban J connectivity index is 1.81. The summed E-state index contributed by atoms with van der Waals surface area (Å²) in [6.07, 6.45) is 0.120. The zero-order chi connectivity index (χ0) is 23.4. The number of halogens is 7. The molecule has 3 aromatic rings. The molecule has 168 valence electrons. The molecular formula is C25H19F7. The molecule has 0 spiro atoms. The second-order valence-electron chi connectivity index (χ2n) is 7.34. The zero-order valence-corrected chi connectivity index (χ0v) is 17.1. The Morgan fingerprint density at radius 2 is 1.25 bits per heavy atom. The first-order chi connectivity index (χ1) is 15.2. The lowest BCUT2D eigenvalue weighted by Crippen LogP contribution is -2.02. The van der Waals surface area contributed by atoms with E-state index in [1.807, 2.05) is 0 Å². The van der Waals surface area contributed by atoms with Crippen LogP contribution in [-0.2, 0) is 12.8 Å². The van der Waals surface area contributed by atoms with Crippen LogP contribution < -0.4 is 0 Å². The van der Waals surface area contributed by atoms with E-state index in [1.54, 1.807) is 6.92 Å². The molecule has 0 bridgehead atoms. The van der Waals surface area contributed by atoms with Crippen molar-refractivity contribution in [3.05, 3.63) is 100 Å². The molecule has 0 unspecified atom stereocenters. The number of allylic oxidation sites excluding steroid dienone is 1. The van der Waals surface area contributed by atoms with Crippen molar-refractivity contribution in [3.8, 4) is 11.1 Å². The van der Waals surface area contributed by atoms with Crippen molar-refractivity contribution < 1.29 is 30.7 Å². The van der Waals surface area contributed by atoms with E-state index in [1.165, 1.54) is 24.3 Å². The van der Waals surface area contributed by atoms with Crippen LogP contribution in [-0.4, -0.2) is 0 Å². The molecule has 3 rings (SSSR count). The van der Waals surface area contributed by atoms with E-state index in [-0.39, 0.29) is 41.5 Å². The molecule has 0 aromatic heterocycles. The lowest BCUT2D eigenvalue weighted by atomic mass is 9.98. The summed E-state index contributed by atoms with van der Waals surface area (Å²) in [6.45, 7) is 1.72. The highest BCUT2D eigenvalue weighted by Gasteiger charge is 2.15. The lowest BCUT2D eigenvalue weighted by Gasteiger charge is -2.10. The summed E-state index contributed by atoms with van der Waals surface area (Å²) in [5.41, 5.74) is 0.379. The zero-order valence-electron chi connectivity index (χ0n) is 17.1. The van der Waals surface area contributed by atoms with Crippen LogP contribution in [0, 0.1) is 29.1 Å². The summed E-state index contributed by atoms with van der Waals surface area (Å²) in [7, 11) is 0. The van der Waals surface area contributed by atoms with Crippen LogP contribution in [0.5, 0.6) is 0 Å². The van der Waals surface area contributed by atoms with E-state index >= 15 is 0 Å². The Bertz CT molecular complexity index is 1100. The minimum absolute atomic E-state index is 0.0241. The SMILES string of the molecule is CCCC(F)=C(F)c1ccc(-c2cc(F)c(CCc3cc(F)c(F)c(F)c3)c(F)c2)cc1. The third-order valence-corrected chi connectivity index (χ3v) is 5.03. The molecule has 0 fully saturated rings. The van der Waals surface area contributed by atoms with Crippen molar-refractivity contribution in [3.63, 3.8) is 0 Å². The third-order valence-electron chi connectivity index (χ3n) is 5.03. The molecule has 0 heterocycles. The van der Waals surface area contributed by atoms with Crippen LogP contribution in [0.1, 0.15) is 36.5 Å². The van der Waals surface area contributed by atoms with E-state index in [0.717, 1.165) is 24.3 Å². The van der Waals surface area contributed by atoms with Gasteiger partial charge in [-0.25, -0.2) is 30.7 Å². The van der Waals surface area contributed by atoms with Crippen molar-refractivity contribution in [2.45, 2.75) is 32.6 Å². The molecule has 32 heavy (non-hydrogen) atoms. The number of hydrogen-bond donors (Lipinski definition) is 0. The number of benzene rings is 3. The van der Waals surface area contributed by atoms with Crippen LogP contribution in [0.4, 0.5) is 30.7 Å². The molecule has 0 aliphatic rings. The van der Waals surface area contributed by atoms with Gasteiger partial charge in [-0.15, -0.1) is 0 Å². The minimum atomic E-state index is -1.61. The predicted molar refractivity (Wildman–Crippen MR) is 110 cm³/mol. The van der Waals surface area contributed by atoms with Gasteiger partial charge in [-0.05, 0) is 60.2 Å². The molecule has 0 aliphatic carbocycles. The second-order valence-corrected chi connectivity index (χ2v) is 7.34. The van der Waals surface area contributed by atoms with E-state index < -0.39 is 40.7 Å². The van der Waals surface area contributed by atoms with E-state index in [4.69, 9.17) is 0 Å². The van der Waals surface area contributed by atoms with Gasteiger partial charge in [0.2, 0.25) is 0 Å². The molecule has 0 radical (unpaired) electrons. The smallest absolute Gasteiger partial charge is 0.194 e. The normalized spacial score (nSPS) is 12.1. The first kappa shape index (κ1) is 23.6. The van der Waals surface area contributed by atoms with Crippen molar-refractivity contribution in [1.29, 1.82) is 0 Å². The number of hydrogen-bond acceptors (Lipinski definition) is 0. The van der Waals surface area contributed by atoms with Gasteiger partial charge in [0.15, 0.2) is 23.3 Å². The fourth-order valence-electron chi connectivity index (χ4n) is 3.33. The maximum absolute atomic E-state index is 14.6. The maximum Gasteiger partial charge on any atom is 0.194 e. The Labute approximate surface area is 181 Å². The van der Waals surface area contributed by atoms with Crippen molar-refractivity contribution in [1.82, 2.24) is 0 Å². The van der Waals surface area contributed by atoms with Crippen LogP contribution in [0.15, 0.2) is 54.4 Å². The molecule has 0 saturated carbocycles. The molecule has 0 nitrogen and oxygen atoms in total. The summed E-state index contributed by atoms with van der Waals surface area (Å²) in [6, 6.07) is 9.22. The maximum atomic E-state index is 14.6. The lowest BCUT2D eigenvalue weighted by molar-refractivity contribution is 0.445. The topological polar surface area (TPSA) is 0 Å². The Morgan fingerprint density at radius 1 is 0.688 bits per heavy atom. The summed E-state index contributed by atoms with van der Waals surface area (Å²) in [4.78, 5) is 0. The fourth-order valence-corrected chi connectivity index (χ4v) is 3.33. The Hall–Kier alpha value is -3.09. The monoisotopic (exact) mass is 452 g/mol. The van der Waals surface area contributed by atoms with E-state index in [9.17, 15) is 30.7 Å². The van der Waals surface area contributed by atoms with Gasteiger partial charge in [-0.3, -0.25) is 0 Å². The second kappa shape index (κ2) is 10.0. The van der Waals surface area contributed by atoms with Crippen LogP contribution in [0.3, 0.4) is 0 Å². The molecule has 0 atom stereocenters. The standard InChI is InChI=1S/C25H19F7/c1-2-3-19(26)24(31)16-7-5-15(6-8-16)17-12-20(27)18(21(28)13-17)9-4-14-10-22(29)25(32)23(30)11-14/h5-8,10-13H,2-4,9H2,1H3. The largest absolute Gasteiger partial charge is 0.209 e. The quantitative estimate of drug-likeness (QED) is 0.250. The number of rotatable bonds is 7. The molecule has 7 heteroatoms. The molecule has 0 amide bonds. The predicted octanol–water partition coefficient (Wildman–Crippen LogP) is 8.24. The van der Waals surface area contributed by atoms with Gasteiger partial charge < -0.3 is 0 Å². The summed E-state index contributed by atoms with van der Waals surface area (Å²) >= 11 is 0. The van der Waals surface area contributed by atoms with Gasteiger partial charge in [0.25, 0.3) is 0 Å². The van der Waals surface area contributed by atoms with Crippen molar-refractivity contribution >= 4 is 5.83 Å².